The molecule has 0 atom stereocenters. The quantitative estimate of drug-likeness (QED) is 0.777. The summed E-state index contributed by atoms with van der Waals surface area (Å²) < 4.78 is 0. The van der Waals surface area contributed by atoms with Gasteiger partial charge in [-0.25, -0.2) is 0 Å². The molecule has 0 amide bonds. The molecule has 76 valence electrons. The second-order valence-electron chi connectivity index (χ2n) is 3.92. The van der Waals surface area contributed by atoms with E-state index in [0.717, 1.165) is 12.0 Å². The van der Waals surface area contributed by atoms with Crippen molar-refractivity contribution in [3.8, 4) is 0 Å². The summed E-state index contributed by atoms with van der Waals surface area (Å²) in [6.45, 7) is 11.2. The maximum Gasteiger partial charge on any atom is -0.00367 e. The third-order valence-corrected chi connectivity index (χ3v) is 2.48. The number of benzene rings is 1. The van der Waals surface area contributed by atoms with Gasteiger partial charge in [0.15, 0.2) is 0 Å². The van der Waals surface area contributed by atoms with E-state index in [1.54, 1.807) is 0 Å². The van der Waals surface area contributed by atoms with E-state index < -0.39 is 0 Å². The van der Waals surface area contributed by atoms with Crippen LogP contribution in [0.3, 0.4) is 0 Å². The predicted octanol–water partition coefficient (Wildman–Crippen LogP) is 2.97. The summed E-state index contributed by atoms with van der Waals surface area (Å²) >= 11 is 0. The lowest BCUT2D eigenvalue weighted by molar-refractivity contribution is 1.02. The second-order valence-corrected chi connectivity index (χ2v) is 3.92. The first-order valence-electron chi connectivity index (χ1n) is 5.02. The molecule has 0 saturated carbocycles. The van der Waals surface area contributed by atoms with E-state index >= 15 is 0 Å². The maximum atomic E-state index is 5.54. The van der Waals surface area contributed by atoms with Crippen molar-refractivity contribution in [3.05, 3.63) is 41.0 Å². The predicted molar refractivity (Wildman–Crippen MR) is 63.4 cm³/mol. The molecular formula is C13H19N. The summed E-state index contributed by atoms with van der Waals surface area (Å²) in [5.41, 5.74) is 11.9. The Hall–Kier alpha value is -1.08. The highest BCUT2D eigenvalue weighted by Gasteiger charge is 2.06. The Morgan fingerprint density at radius 3 is 2.14 bits per heavy atom. The molecule has 0 aliphatic carbocycles. The van der Waals surface area contributed by atoms with Crippen molar-refractivity contribution in [1.29, 1.82) is 0 Å². The lowest BCUT2D eigenvalue weighted by atomic mass is 9.93. The zero-order chi connectivity index (χ0) is 10.7. The summed E-state index contributed by atoms with van der Waals surface area (Å²) in [5, 5.41) is 0. The monoisotopic (exact) mass is 189 g/mol. The average Bonchev–Trinajstić information content (AvgIpc) is 2.01. The SMILES string of the molecule is C=C(CCN)c1c(C)cc(C)cc1C. The highest BCUT2D eigenvalue weighted by molar-refractivity contribution is 5.69. The van der Waals surface area contributed by atoms with Gasteiger partial charge < -0.3 is 5.73 Å². The number of aryl methyl sites for hydroxylation is 3. The molecule has 14 heavy (non-hydrogen) atoms. The van der Waals surface area contributed by atoms with Crippen molar-refractivity contribution >= 4 is 5.57 Å². The molecule has 0 heterocycles. The van der Waals surface area contributed by atoms with E-state index in [1.807, 2.05) is 0 Å². The Bertz CT molecular complexity index is 327. The van der Waals surface area contributed by atoms with Crippen LogP contribution in [-0.2, 0) is 0 Å². The molecule has 1 aromatic carbocycles. The molecule has 0 aliphatic rings. The molecule has 0 saturated heterocycles. The number of nitrogens with two attached hydrogens (primary N) is 1. The standard InChI is InChI=1S/C13H19N/c1-9-7-11(3)13(12(4)8-9)10(2)5-6-14/h7-8H,2,5-6,14H2,1,3-4H3. The number of rotatable bonds is 3. The molecule has 0 aromatic heterocycles. The Balaban J connectivity index is 3.14. The minimum absolute atomic E-state index is 0.672. The van der Waals surface area contributed by atoms with Gasteiger partial charge in [-0.15, -0.1) is 0 Å². The van der Waals surface area contributed by atoms with Crippen molar-refractivity contribution in [3.63, 3.8) is 0 Å². The third-order valence-electron chi connectivity index (χ3n) is 2.48. The van der Waals surface area contributed by atoms with Crippen LogP contribution < -0.4 is 5.73 Å². The van der Waals surface area contributed by atoms with Gasteiger partial charge >= 0.3 is 0 Å². The molecule has 0 spiro atoms. The van der Waals surface area contributed by atoms with Crippen molar-refractivity contribution < 1.29 is 0 Å². The molecule has 1 rings (SSSR count). The fraction of sp³-hybridized carbons (Fsp3) is 0.385. The van der Waals surface area contributed by atoms with E-state index in [2.05, 4.69) is 39.5 Å². The van der Waals surface area contributed by atoms with E-state index in [0.29, 0.717) is 6.54 Å². The van der Waals surface area contributed by atoms with Gasteiger partial charge in [-0.05, 0) is 56.0 Å². The Morgan fingerprint density at radius 1 is 1.21 bits per heavy atom. The van der Waals surface area contributed by atoms with Crippen LogP contribution in [0.5, 0.6) is 0 Å². The Morgan fingerprint density at radius 2 is 1.71 bits per heavy atom. The van der Waals surface area contributed by atoms with Gasteiger partial charge in [0.1, 0.15) is 0 Å². The maximum absolute atomic E-state index is 5.54. The van der Waals surface area contributed by atoms with Crippen LogP contribution in [0, 0.1) is 20.8 Å². The van der Waals surface area contributed by atoms with Crippen LogP contribution >= 0.6 is 0 Å². The van der Waals surface area contributed by atoms with Crippen LogP contribution in [0.1, 0.15) is 28.7 Å². The molecule has 1 heteroatoms. The summed E-state index contributed by atoms with van der Waals surface area (Å²) in [6.07, 6.45) is 0.880. The summed E-state index contributed by atoms with van der Waals surface area (Å²) in [7, 11) is 0. The zero-order valence-corrected chi connectivity index (χ0v) is 9.35. The van der Waals surface area contributed by atoms with Gasteiger partial charge in [-0.2, -0.15) is 0 Å². The van der Waals surface area contributed by atoms with E-state index in [-0.39, 0.29) is 0 Å². The molecule has 0 radical (unpaired) electrons. The number of hydrogen-bond donors (Lipinski definition) is 1. The molecule has 1 aromatic rings. The lowest BCUT2D eigenvalue weighted by Crippen LogP contribution is -2.01. The van der Waals surface area contributed by atoms with Crippen LogP contribution in [0.25, 0.3) is 5.57 Å². The first-order chi connectivity index (χ1) is 6.56. The van der Waals surface area contributed by atoms with E-state index in [1.165, 1.54) is 22.3 Å². The van der Waals surface area contributed by atoms with Crippen molar-refractivity contribution in [2.75, 3.05) is 6.54 Å². The van der Waals surface area contributed by atoms with Crippen LogP contribution in [0.15, 0.2) is 18.7 Å². The number of hydrogen-bond acceptors (Lipinski definition) is 1. The Labute approximate surface area is 86.6 Å². The first-order valence-corrected chi connectivity index (χ1v) is 5.02. The minimum Gasteiger partial charge on any atom is -0.330 e. The van der Waals surface area contributed by atoms with Crippen LogP contribution in [0.2, 0.25) is 0 Å². The minimum atomic E-state index is 0.672. The normalized spacial score (nSPS) is 10.3. The summed E-state index contributed by atoms with van der Waals surface area (Å²) in [5.74, 6) is 0. The molecule has 0 aliphatic heterocycles. The fourth-order valence-electron chi connectivity index (χ4n) is 2.04. The largest absolute Gasteiger partial charge is 0.330 e. The van der Waals surface area contributed by atoms with E-state index in [9.17, 15) is 0 Å². The topological polar surface area (TPSA) is 26.0 Å². The van der Waals surface area contributed by atoms with Crippen LogP contribution in [-0.4, -0.2) is 6.54 Å². The van der Waals surface area contributed by atoms with Crippen molar-refractivity contribution in [1.82, 2.24) is 0 Å². The van der Waals surface area contributed by atoms with Gasteiger partial charge in [0.25, 0.3) is 0 Å². The van der Waals surface area contributed by atoms with Gasteiger partial charge in [0.05, 0.1) is 0 Å². The third kappa shape index (κ3) is 2.24. The van der Waals surface area contributed by atoms with E-state index in [4.69, 9.17) is 5.73 Å². The van der Waals surface area contributed by atoms with Crippen LogP contribution in [0.4, 0.5) is 0 Å². The van der Waals surface area contributed by atoms with Crippen molar-refractivity contribution in [2.45, 2.75) is 27.2 Å². The van der Waals surface area contributed by atoms with Gasteiger partial charge in [0.2, 0.25) is 0 Å². The Kier molecular flexibility index (Phi) is 3.48. The highest BCUT2D eigenvalue weighted by Crippen LogP contribution is 2.24. The smallest absolute Gasteiger partial charge is 0.00367 e. The summed E-state index contributed by atoms with van der Waals surface area (Å²) in [6, 6.07) is 4.40. The first kappa shape index (κ1) is 11.0. The molecule has 0 fully saturated rings. The molecular weight excluding hydrogens is 170 g/mol. The molecule has 1 nitrogen and oxygen atoms in total. The van der Waals surface area contributed by atoms with Gasteiger partial charge in [-0.1, -0.05) is 24.3 Å². The second kappa shape index (κ2) is 4.43. The fourth-order valence-corrected chi connectivity index (χ4v) is 2.04. The zero-order valence-electron chi connectivity index (χ0n) is 9.35. The molecule has 0 bridgehead atoms. The lowest BCUT2D eigenvalue weighted by Gasteiger charge is -2.13. The average molecular weight is 189 g/mol. The molecule has 2 N–H and O–H groups in total. The molecule has 0 unspecified atom stereocenters. The highest BCUT2D eigenvalue weighted by atomic mass is 14.5. The van der Waals surface area contributed by atoms with Crippen molar-refractivity contribution in [2.24, 2.45) is 5.73 Å². The van der Waals surface area contributed by atoms with Gasteiger partial charge in [0, 0.05) is 0 Å². The van der Waals surface area contributed by atoms with Gasteiger partial charge in [-0.3, -0.25) is 0 Å². The summed E-state index contributed by atoms with van der Waals surface area (Å²) in [4.78, 5) is 0.